The Morgan fingerprint density at radius 2 is 2.50 bits per heavy atom. The smallest absolute Gasteiger partial charge is 0.227 e. The van der Waals surface area contributed by atoms with Crippen LogP contribution in [0.1, 0.15) is 5.76 Å². The van der Waals surface area contributed by atoms with Crippen molar-refractivity contribution in [3.8, 4) is 0 Å². The maximum atomic E-state index is 6.57. The fraction of sp³-hybridized carbons (Fsp3) is 0.167. The number of rotatable bonds is 0. The number of hydrogen-bond donors (Lipinski definition) is 0. The summed E-state index contributed by atoms with van der Waals surface area (Å²) in [5, 5.41) is 0. The van der Waals surface area contributed by atoms with Crippen LogP contribution >= 0.6 is 0 Å². The predicted octanol–water partition coefficient (Wildman–Crippen LogP) is 2.14. The molecule has 0 saturated heterocycles. The monoisotopic (exact) mass is 107 g/mol. The largest absolute Gasteiger partial charge is 0.482 e. The highest BCUT2D eigenvalue weighted by molar-refractivity contribution is 5.46. The highest BCUT2D eigenvalue weighted by atomic mass is 16.3. The van der Waals surface area contributed by atoms with Gasteiger partial charge in [0, 0.05) is 0 Å². The minimum absolute atomic E-state index is 0.602. The molecule has 0 aliphatic heterocycles. The molecule has 2 nitrogen and oxygen atoms in total. The van der Waals surface area contributed by atoms with Crippen LogP contribution in [0.25, 0.3) is 4.85 Å². The molecule has 0 saturated carbocycles. The molecule has 0 aromatic carbocycles. The summed E-state index contributed by atoms with van der Waals surface area (Å²) < 4.78 is 4.84. The predicted molar refractivity (Wildman–Crippen MR) is 29.7 cm³/mol. The Labute approximate surface area is 47.6 Å². The van der Waals surface area contributed by atoms with Crippen LogP contribution < -0.4 is 0 Å². The van der Waals surface area contributed by atoms with E-state index < -0.39 is 0 Å². The summed E-state index contributed by atoms with van der Waals surface area (Å²) in [6.45, 7) is 8.34. The fourth-order valence-electron chi connectivity index (χ4n) is 0.494. The van der Waals surface area contributed by atoms with Crippen molar-refractivity contribution >= 4 is 5.69 Å². The molecule has 1 rings (SSSR count). The van der Waals surface area contributed by atoms with Crippen molar-refractivity contribution in [2.75, 3.05) is 0 Å². The highest BCUT2D eigenvalue weighted by Crippen LogP contribution is 2.17. The lowest BCUT2D eigenvalue weighted by molar-refractivity contribution is 0.536. The van der Waals surface area contributed by atoms with Crippen LogP contribution in [0.4, 0.5) is 5.69 Å². The van der Waals surface area contributed by atoms with E-state index in [2.05, 4.69) is 4.85 Å². The number of hydrogen-bond acceptors (Lipinski definition) is 1. The Hall–Kier alpha value is -1.23. The summed E-state index contributed by atoms with van der Waals surface area (Å²) in [6.07, 6.45) is 1.52. The van der Waals surface area contributed by atoms with Crippen molar-refractivity contribution in [1.29, 1.82) is 0 Å². The molecule has 1 heterocycles. The van der Waals surface area contributed by atoms with Crippen LogP contribution in [0.15, 0.2) is 16.7 Å². The average molecular weight is 107 g/mol. The summed E-state index contributed by atoms with van der Waals surface area (Å²) >= 11 is 0. The van der Waals surface area contributed by atoms with Crippen LogP contribution in [-0.4, -0.2) is 0 Å². The first-order chi connectivity index (χ1) is 3.84. The summed E-state index contributed by atoms with van der Waals surface area (Å²) in [5.74, 6) is 0.694. The van der Waals surface area contributed by atoms with E-state index in [-0.39, 0.29) is 0 Å². The van der Waals surface area contributed by atoms with Crippen molar-refractivity contribution in [3.05, 3.63) is 29.5 Å². The van der Waals surface area contributed by atoms with Crippen molar-refractivity contribution < 1.29 is 4.42 Å². The molecule has 40 valence electrons. The van der Waals surface area contributed by atoms with Gasteiger partial charge in [-0.1, -0.05) is 0 Å². The molecule has 2 heteroatoms. The zero-order valence-electron chi connectivity index (χ0n) is 4.51. The first-order valence-electron chi connectivity index (χ1n) is 2.26. The Bertz CT molecular complexity index is 219. The third-order valence-corrected chi connectivity index (χ3v) is 0.952. The average Bonchev–Trinajstić information content (AvgIpc) is 2.14. The molecule has 1 aromatic rings. The van der Waals surface area contributed by atoms with E-state index in [0.717, 1.165) is 0 Å². The molecule has 0 fully saturated rings. The molecule has 0 aliphatic rings. The third kappa shape index (κ3) is 0.584. The zero-order chi connectivity index (χ0) is 5.98. The topological polar surface area (TPSA) is 17.5 Å². The second-order valence-electron chi connectivity index (χ2n) is 1.47. The summed E-state index contributed by atoms with van der Waals surface area (Å²) in [4.78, 5) is 3.19. The molecule has 0 amide bonds. The molecule has 0 aliphatic carbocycles. The van der Waals surface area contributed by atoms with Gasteiger partial charge in [-0.25, -0.2) is 4.85 Å². The van der Waals surface area contributed by atoms with E-state index >= 15 is 0 Å². The molecule has 1 aromatic heterocycles. The van der Waals surface area contributed by atoms with Crippen LogP contribution in [-0.2, 0) is 0 Å². The number of nitrogens with zero attached hydrogens (tertiary/aromatic N) is 1. The molecule has 0 N–H and O–H groups in total. The fourth-order valence-corrected chi connectivity index (χ4v) is 0.494. The van der Waals surface area contributed by atoms with E-state index in [9.17, 15) is 0 Å². The van der Waals surface area contributed by atoms with E-state index in [1.165, 1.54) is 6.26 Å². The summed E-state index contributed by atoms with van der Waals surface area (Å²) in [7, 11) is 0. The molecule has 0 radical (unpaired) electrons. The third-order valence-electron chi connectivity index (χ3n) is 0.952. The minimum atomic E-state index is 0.602. The van der Waals surface area contributed by atoms with Crippen LogP contribution in [0.3, 0.4) is 0 Å². The first kappa shape index (κ1) is 4.92. The molecule has 0 bridgehead atoms. The zero-order valence-corrected chi connectivity index (χ0v) is 4.51. The maximum absolute atomic E-state index is 6.57. The minimum Gasteiger partial charge on any atom is -0.482 e. The summed E-state index contributed by atoms with van der Waals surface area (Å²) in [5.41, 5.74) is 0.602. The lowest BCUT2D eigenvalue weighted by atomic mass is 10.4. The van der Waals surface area contributed by atoms with Crippen molar-refractivity contribution in [3.63, 3.8) is 0 Å². The van der Waals surface area contributed by atoms with Crippen molar-refractivity contribution in [2.45, 2.75) is 6.92 Å². The van der Waals surface area contributed by atoms with Gasteiger partial charge in [0.1, 0.15) is 5.76 Å². The second-order valence-corrected chi connectivity index (χ2v) is 1.47. The van der Waals surface area contributed by atoms with Crippen molar-refractivity contribution in [2.24, 2.45) is 0 Å². The Balaban J connectivity index is 3.15. The van der Waals surface area contributed by atoms with Gasteiger partial charge in [0.15, 0.2) is 0 Å². The first-order valence-corrected chi connectivity index (χ1v) is 2.26. The van der Waals surface area contributed by atoms with Crippen LogP contribution in [0, 0.1) is 13.5 Å². The lowest BCUT2D eigenvalue weighted by Gasteiger charge is -1.77. The van der Waals surface area contributed by atoms with Gasteiger partial charge in [-0.2, -0.15) is 0 Å². The second kappa shape index (κ2) is 1.71. The molecule has 0 spiro atoms. The molecule has 0 atom stereocenters. The van der Waals surface area contributed by atoms with Gasteiger partial charge in [0.05, 0.1) is 12.8 Å². The van der Waals surface area contributed by atoms with Gasteiger partial charge >= 0.3 is 0 Å². The Morgan fingerprint density at radius 1 is 1.75 bits per heavy atom. The number of furan rings is 1. The van der Waals surface area contributed by atoms with Gasteiger partial charge in [-0.15, -0.1) is 0 Å². The van der Waals surface area contributed by atoms with Gasteiger partial charge < -0.3 is 4.42 Å². The molecule has 8 heavy (non-hydrogen) atoms. The molecular weight excluding hydrogens is 102 g/mol. The molecule has 0 unspecified atom stereocenters. The van der Waals surface area contributed by atoms with Crippen LogP contribution in [0.2, 0.25) is 0 Å². The highest BCUT2D eigenvalue weighted by Gasteiger charge is 1.95. The Morgan fingerprint density at radius 3 is 2.75 bits per heavy atom. The molecular formula is C6H5NO. The summed E-state index contributed by atoms with van der Waals surface area (Å²) in [6, 6.07) is 1.66. The van der Waals surface area contributed by atoms with Gasteiger partial charge in [-0.05, 0) is 13.0 Å². The SMILES string of the molecule is [C-]#[N+]c1ccoc1C. The van der Waals surface area contributed by atoms with Crippen molar-refractivity contribution in [1.82, 2.24) is 0 Å². The van der Waals surface area contributed by atoms with Gasteiger partial charge in [-0.3, -0.25) is 0 Å². The standard InChI is InChI=1S/C6H5NO/c1-5-6(7-2)3-4-8-5/h3-4H,1H3. The van der Waals surface area contributed by atoms with E-state index in [4.69, 9.17) is 11.0 Å². The van der Waals surface area contributed by atoms with Crippen LogP contribution in [0.5, 0.6) is 0 Å². The maximum Gasteiger partial charge on any atom is 0.227 e. The Kier molecular flexibility index (Phi) is 1.05. The quantitative estimate of drug-likeness (QED) is 0.464. The van der Waals surface area contributed by atoms with E-state index in [1.54, 1.807) is 13.0 Å². The van der Waals surface area contributed by atoms with E-state index in [1.807, 2.05) is 0 Å². The lowest BCUT2D eigenvalue weighted by Crippen LogP contribution is -1.54. The number of aryl methyl sites for hydroxylation is 1. The van der Waals surface area contributed by atoms with E-state index in [0.29, 0.717) is 11.4 Å². The van der Waals surface area contributed by atoms with Gasteiger partial charge in [0.2, 0.25) is 5.69 Å². The normalized spacial score (nSPS) is 8.50. The van der Waals surface area contributed by atoms with Gasteiger partial charge in [0.25, 0.3) is 0 Å².